The number of halogens is 1. The van der Waals surface area contributed by atoms with Gasteiger partial charge in [-0.3, -0.25) is 0 Å². The predicted molar refractivity (Wildman–Crippen MR) is 126 cm³/mol. The van der Waals surface area contributed by atoms with Crippen LogP contribution < -0.4 is 10.1 Å². The minimum Gasteiger partial charge on any atom is -0.495 e. The predicted octanol–water partition coefficient (Wildman–Crippen LogP) is 6.49. The first-order chi connectivity index (χ1) is 15.2. The van der Waals surface area contributed by atoms with Crippen molar-refractivity contribution in [3.05, 3.63) is 96.4 Å². The molecule has 0 aliphatic carbocycles. The summed E-state index contributed by atoms with van der Waals surface area (Å²) < 4.78 is 7.55. The topological polar surface area (TPSA) is 52.0 Å². The zero-order valence-corrected chi connectivity index (χ0v) is 17.5. The molecule has 0 fully saturated rings. The number of rotatable bonds is 5. The quantitative estimate of drug-likeness (QED) is 0.349. The van der Waals surface area contributed by atoms with Crippen LogP contribution in [0.5, 0.6) is 5.75 Å². The fraction of sp³-hybridized carbons (Fsp3) is 0.0400. The standard InChI is InChI=1S/C25H19ClN4O/c1-31-22-13-6-5-12-21(22)29-24-23-20(17-8-3-2-4-9-17)15-30(25(23)28-16-27-24)19-11-7-10-18(26)14-19/h2-16H,1H3,(H,27,28,29). The molecule has 3 aromatic carbocycles. The molecule has 0 aliphatic rings. The lowest BCUT2D eigenvalue weighted by Crippen LogP contribution is -1.99. The zero-order valence-electron chi connectivity index (χ0n) is 16.8. The molecule has 0 aliphatic heterocycles. The summed E-state index contributed by atoms with van der Waals surface area (Å²) in [5, 5.41) is 5.02. The number of aromatic nitrogens is 3. The Labute approximate surface area is 184 Å². The maximum atomic E-state index is 6.27. The largest absolute Gasteiger partial charge is 0.495 e. The van der Waals surface area contributed by atoms with Gasteiger partial charge in [-0.2, -0.15) is 0 Å². The Balaban J connectivity index is 1.76. The average Bonchev–Trinajstić information content (AvgIpc) is 3.21. The molecule has 2 heterocycles. The van der Waals surface area contributed by atoms with Crippen LogP contribution in [-0.2, 0) is 0 Å². The zero-order chi connectivity index (χ0) is 21.2. The summed E-state index contributed by atoms with van der Waals surface area (Å²) in [5.74, 6) is 1.44. The van der Waals surface area contributed by atoms with Crippen molar-refractivity contribution in [2.45, 2.75) is 0 Å². The molecule has 6 heteroatoms. The van der Waals surface area contributed by atoms with Crippen LogP contribution >= 0.6 is 11.6 Å². The van der Waals surface area contributed by atoms with Crippen LogP contribution in [0.4, 0.5) is 11.5 Å². The van der Waals surface area contributed by atoms with Gasteiger partial charge < -0.3 is 14.6 Å². The van der Waals surface area contributed by atoms with Crippen molar-refractivity contribution in [1.29, 1.82) is 0 Å². The van der Waals surface area contributed by atoms with E-state index in [-0.39, 0.29) is 0 Å². The van der Waals surface area contributed by atoms with Gasteiger partial charge in [-0.25, -0.2) is 9.97 Å². The highest BCUT2D eigenvalue weighted by Gasteiger charge is 2.18. The molecule has 0 unspecified atom stereocenters. The van der Waals surface area contributed by atoms with Crippen molar-refractivity contribution < 1.29 is 4.74 Å². The smallest absolute Gasteiger partial charge is 0.150 e. The molecular formula is C25H19ClN4O. The summed E-state index contributed by atoms with van der Waals surface area (Å²) >= 11 is 6.27. The average molecular weight is 427 g/mol. The van der Waals surface area contributed by atoms with Crippen molar-refractivity contribution >= 4 is 34.1 Å². The monoisotopic (exact) mass is 426 g/mol. The third-order valence-electron chi connectivity index (χ3n) is 5.11. The number of nitrogens with zero attached hydrogens (tertiary/aromatic N) is 3. The summed E-state index contributed by atoms with van der Waals surface area (Å²) in [6.07, 6.45) is 3.64. The molecule has 2 aromatic heterocycles. The van der Waals surface area contributed by atoms with E-state index in [2.05, 4.69) is 33.6 Å². The van der Waals surface area contributed by atoms with Gasteiger partial charge in [0.05, 0.1) is 18.2 Å². The summed E-state index contributed by atoms with van der Waals surface area (Å²) in [6.45, 7) is 0. The summed E-state index contributed by atoms with van der Waals surface area (Å²) in [4.78, 5) is 9.19. The van der Waals surface area contributed by atoms with Crippen LogP contribution in [0, 0.1) is 0 Å². The molecule has 0 amide bonds. The number of anilines is 2. The number of hydrogen-bond acceptors (Lipinski definition) is 4. The van der Waals surface area contributed by atoms with Gasteiger partial charge in [-0.1, -0.05) is 60.1 Å². The second kappa shape index (κ2) is 8.13. The fourth-order valence-corrected chi connectivity index (χ4v) is 3.88. The Bertz CT molecular complexity index is 1360. The number of methoxy groups -OCH3 is 1. The number of ether oxygens (including phenoxy) is 1. The molecule has 1 N–H and O–H groups in total. The van der Waals surface area contributed by atoms with E-state index in [4.69, 9.17) is 16.3 Å². The van der Waals surface area contributed by atoms with E-state index < -0.39 is 0 Å². The van der Waals surface area contributed by atoms with Crippen LogP contribution in [0.15, 0.2) is 91.4 Å². The normalized spacial score (nSPS) is 10.9. The minimum absolute atomic E-state index is 0.669. The Morgan fingerprint density at radius 3 is 2.52 bits per heavy atom. The van der Waals surface area contributed by atoms with E-state index in [9.17, 15) is 0 Å². The highest BCUT2D eigenvalue weighted by Crippen LogP contribution is 2.37. The van der Waals surface area contributed by atoms with E-state index in [1.54, 1.807) is 13.4 Å². The van der Waals surface area contributed by atoms with Crippen LogP contribution in [0.2, 0.25) is 5.02 Å². The molecule has 5 nitrogen and oxygen atoms in total. The molecule has 0 radical (unpaired) electrons. The highest BCUT2D eigenvalue weighted by atomic mass is 35.5. The molecule has 0 atom stereocenters. The lowest BCUT2D eigenvalue weighted by molar-refractivity contribution is 0.417. The summed E-state index contributed by atoms with van der Waals surface area (Å²) in [6, 6.07) is 25.7. The van der Waals surface area contributed by atoms with Crippen LogP contribution in [-0.4, -0.2) is 21.6 Å². The van der Waals surface area contributed by atoms with Gasteiger partial charge >= 0.3 is 0 Å². The SMILES string of the molecule is COc1ccccc1Nc1ncnc2c1c(-c1ccccc1)cn2-c1cccc(Cl)c1. The first kappa shape index (κ1) is 19.2. The molecule has 0 bridgehead atoms. The molecule has 152 valence electrons. The molecule has 31 heavy (non-hydrogen) atoms. The Kier molecular flexibility index (Phi) is 5.02. The number of fused-ring (bicyclic) bond motifs is 1. The van der Waals surface area contributed by atoms with Crippen molar-refractivity contribution in [3.8, 4) is 22.6 Å². The first-order valence-corrected chi connectivity index (χ1v) is 10.2. The second-order valence-electron chi connectivity index (χ2n) is 7.00. The van der Waals surface area contributed by atoms with Gasteiger partial charge in [0.1, 0.15) is 17.9 Å². The van der Waals surface area contributed by atoms with Gasteiger partial charge in [-0.05, 0) is 35.9 Å². The summed E-state index contributed by atoms with van der Waals surface area (Å²) in [5.41, 5.74) is 4.65. The second-order valence-corrected chi connectivity index (χ2v) is 7.44. The molecule has 0 saturated carbocycles. The number of nitrogens with one attached hydrogen (secondary N) is 1. The number of hydrogen-bond donors (Lipinski definition) is 1. The van der Waals surface area contributed by atoms with Crippen LogP contribution in [0.25, 0.3) is 27.8 Å². The Morgan fingerprint density at radius 2 is 1.71 bits per heavy atom. The van der Waals surface area contributed by atoms with Gasteiger partial charge in [0, 0.05) is 22.5 Å². The molecule has 5 aromatic rings. The van der Waals surface area contributed by atoms with Crippen molar-refractivity contribution in [2.75, 3.05) is 12.4 Å². The van der Waals surface area contributed by atoms with Crippen LogP contribution in [0.3, 0.4) is 0 Å². The molecule has 0 saturated heterocycles. The maximum Gasteiger partial charge on any atom is 0.150 e. The highest BCUT2D eigenvalue weighted by molar-refractivity contribution is 6.30. The lowest BCUT2D eigenvalue weighted by atomic mass is 10.1. The number of para-hydroxylation sites is 2. The van der Waals surface area contributed by atoms with E-state index in [1.807, 2.05) is 71.3 Å². The first-order valence-electron chi connectivity index (χ1n) is 9.82. The van der Waals surface area contributed by atoms with Gasteiger partial charge in [-0.15, -0.1) is 0 Å². The van der Waals surface area contributed by atoms with Crippen molar-refractivity contribution in [2.24, 2.45) is 0 Å². The lowest BCUT2D eigenvalue weighted by Gasteiger charge is -2.12. The van der Waals surface area contributed by atoms with Gasteiger partial charge in [0.15, 0.2) is 5.65 Å². The van der Waals surface area contributed by atoms with E-state index >= 15 is 0 Å². The Morgan fingerprint density at radius 1 is 0.903 bits per heavy atom. The van der Waals surface area contributed by atoms with Crippen molar-refractivity contribution in [1.82, 2.24) is 14.5 Å². The number of benzene rings is 3. The van der Waals surface area contributed by atoms with Gasteiger partial charge in [0.25, 0.3) is 0 Å². The van der Waals surface area contributed by atoms with E-state index in [0.717, 1.165) is 39.3 Å². The van der Waals surface area contributed by atoms with Crippen LogP contribution in [0.1, 0.15) is 0 Å². The third kappa shape index (κ3) is 3.60. The molecular weight excluding hydrogens is 408 g/mol. The molecule has 5 rings (SSSR count). The maximum absolute atomic E-state index is 6.27. The molecule has 0 spiro atoms. The minimum atomic E-state index is 0.669. The summed E-state index contributed by atoms with van der Waals surface area (Å²) in [7, 11) is 1.65. The van der Waals surface area contributed by atoms with Crippen molar-refractivity contribution in [3.63, 3.8) is 0 Å². The van der Waals surface area contributed by atoms with Gasteiger partial charge in [0.2, 0.25) is 0 Å². The third-order valence-corrected chi connectivity index (χ3v) is 5.35. The Hall–Kier alpha value is -3.83. The fourth-order valence-electron chi connectivity index (χ4n) is 3.69. The van der Waals surface area contributed by atoms with E-state index in [1.165, 1.54) is 0 Å². The van der Waals surface area contributed by atoms with E-state index in [0.29, 0.717) is 10.8 Å².